The van der Waals surface area contributed by atoms with E-state index in [4.69, 9.17) is 13.9 Å². The zero-order chi connectivity index (χ0) is 16.2. The quantitative estimate of drug-likeness (QED) is 0.400. The maximum Gasteiger partial charge on any atom is 0.193 e. The smallest absolute Gasteiger partial charge is 0.193 e. The van der Waals surface area contributed by atoms with Crippen LogP contribution in [0.5, 0.6) is 5.75 Å². The molecule has 0 unspecified atom stereocenters. The molecule has 0 amide bonds. The summed E-state index contributed by atoms with van der Waals surface area (Å²) in [6.07, 6.45) is 3.04. The number of furan rings is 1. The summed E-state index contributed by atoms with van der Waals surface area (Å²) < 4.78 is 16.1. The zero-order valence-electron chi connectivity index (χ0n) is 12.9. The SMILES string of the molecule is CO/C(=C/C(=O)c1ccc2occc2c1OC)c1ccccc1. The standard InChI is InChI=1S/C19H16O4/c1-21-18(13-6-4-3-5-7-13)12-16(20)14-8-9-17-15(10-11-23-17)19(14)22-2/h3-12H,1-2H3/b18-12+. The van der Waals surface area contributed by atoms with Crippen LogP contribution in [0.25, 0.3) is 16.7 Å². The maximum atomic E-state index is 12.7. The first-order valence-electron chi connectivity index (χ1n) is 7.14. The summed E-state index contributed by atoms with van der Waals surface area (Å²) in [5.41, 5.74) is 1.98. The second-order valence-electron chi connectivity index (χ2n) is 4.92. The molecular formula is C19H16O4. The van der Waals surface area contributed by atoms with Gasteiger partial charge in [0, 0.05) is 11.6 Å². The number of fused-ring (bicyclic) bond motifs is 1. The van der Waals surface area contributed by atoms with Crippen LogP contribution in [-0.2, 0) is 4.74 Å². The Kier molecular flexibility index (Phi) is 4.15. The van der Waals surface area contributed by atoms with Crippen molar-refractivity contribution in [2.24, 2.45) is 0 Å². The molecule has 3 aromatic rings. The molecule has 1 heterocycles. The number of carbonyl (C=O) groups is 1. The van der Waals surface area contributed by atoms with Crippen molar-refractivity contribution in [3.05, 3.63) is 72.0 Å². The highest BCUT2D eigenvalue weighted by molar-refractivity contribution is 6.12. The van der Waals surface area contributed by atoms with E-state index in [-0.39, 0.29) is 5.78 Å². The molecule has 1 aromatic heterocycles. The number of allylic oxidation sites excluding steroid dienone is 1. The number of carbonyl (C=O) groups excluding carboxylic acids is 1. The molecule has 0 fully saturated rings. The molecule has 0 saturated carbocycles. The third-order valence-electron chi connectivity index (χ3n) is 3.60. The second-order valence-corrected chi connectivity index (χ2v) is 4.92. The Hall–Kier alpha value is -3.01. The molecule has 2 aromatic carbocycles. The van der Waals surface area contributed by atoms with Gasteiger partial charge in [-0.05, 0) is 18.2 Å². The van der Waals surface area contributed by atoms with Gasteiger partial charge >= 0.3 is 0 Å². The van der Waals surface area contributed by atoms with Gasteiger partial charge in [0.05, 0.1) is 31.4 Å². The number of methoxy groups -OCH3 is 2. The van der Waals surface area contributed by atoms with Gasteiger partial charge in [-0.1, -0.05) is 30.3 Å². The number of ether oxygens (including phenoxy) is 2. The van der Waals surface area contributed by atoms with Crippen molar-refractivity contribution in [3.63, 3.8) is 0 Å². The summed E-state index contributed by atoms with van der Waals surface area (Å²) in [4.78, 5) is 12.7. The number of ketones is 1. The van der Waals surface area contributed by atoms with Crippen molar-refractivity contribution in [3.8, 4) is 5.75 Å². The second kappa shape index (κ2) is 6.40. The molecule has 0 aliphatic heterocycles. The van der Waals surface area contributed by atoms with Crippen LogP contribution in [0.1, 0.15) is 15.9 Å². The van der Waals surface area contributed by atoms with E-state index in [1.165, 1.54) is 13.2 Å². The summed E-state index contributed by atoms with van der Waals surface area (Å²) in [6.45, 7) is 0. The van der Waals surface area contributed by atoms with E-state index in [1.807, 2.05) is 30.3 Å². The lowest BCUT2D eigenvalue weighted by molar-refractivity contribution is 0.104. The third-order valence-corrected chi connectivity index (χ3v) is 3.60. The van der Waals surface area contributed by atoms with Crippen molar-refractivity contribution in [2.75, 3.05) is 14.2 Å². The van der Waals surface area contributed by atoms with E-state index in [0.717, 1.165) is 10.9 Å². The van der Waals surface area contributed by atoms with E-state index in [0.29, 0.717) is 22.7 Å². The fourth-order valence-electron chi connectivity index (χ4n) is 2.49. The highest BCUT2D eigenvalue weighted by Gasteiger charge is 2.16. The van der Waals surface area contributed by atoms with Crippen LogP contribution >= 0.6 is 0 Å². The topological polar surface area (TPSA) is 48.7 Å². The summed E-state index contributed by atoms with van der Waals surface area (Å²) in [7, 11) is 3.08. The van der Waals surface area contributed by atoms with Gasteiger partial charge in [0.1, 0.15) is 17.1 Å². The molecule has 0 spiro atoms. The van der Waals surface area contributed by atoms with Crippen LogP contribution in [0.2, 0.25) is 0 Å². The van der Waals surface area contributed by atoms with Crippen molar-refractivity contribution >= 4 is 22.5 Å². The van der Waals surface area contributed by atoms with Crippen LogP contribution in [-0.4, -0.2) is 20.0 Å². The highest BCUT2D eigenvalue weighted by Crippen LogP contribution is 2.31. The van der Waals surface area contributed by atoms with Gasteiger partial charge in [-0.2, -0.15) is 0 Å². The Balaban J connectivity index is 2.04. The summed E-state index contributed by atoms with van der Waals surface area (Å²) >= 11 is 0. The maximum absolute atomic E-state index is 12.7. The fourth-order valence-corrected chi connectivity index (χ4v) is 2.49. The lowest BCUT2D eigenvalue weighted by Crippen LogP contribution is -2.01. The predicted molar refractivity (Wildman–Crippen MR) is 88.5 cm³/mol. The van der Waals surface area contributed by atoms with Gasteiger partial charge in [0.25, 0.3) is 0 Å². The molecule has 0 atom stereocenters. The molecule has 0 saturated heterocycles. The van der Waals surface area contributed by atoms with E-state index in [1.54, 1.807) is 31.6 Å². The average Bonchev–Trinajstić information content (AvgIpc) is 3.08. The van der Waals surface area contributed by atoms with Gasteiger partial charge in [0.2, 0.25) is 0 Å². The molecule has 3 rings (SSSR count). The van der Waals surface area contributed by atoms with Crippen molar-refractivity contribution in [1.82, 2.24) is 0 Å². The molecule has 0 aliphatic carbocycles. The van der Waals surface area contributed by atoms with Crippen molar-refractivity contribution < 1.29 is 18.7 Å². The minimum atomic E-state index is -0.189. The average molecular weight is 308 g/mol. The van der Waals surface area contributed by atoms with Gasteiger partial charge in [-0.15, -0.1) is 0 Å². The summed E-state index contributed by atoms with van der Waals surface area (Å²) in [5, 5.41) is 0.769. The van der Waals surface area contributed by atoms with Crippen molar-refractivity contribution in [2.45, 2.75) is 0 Å². The van der Waals surface area contributed by atoms with Gasteiger partial charge in [0.15, 0.2) is 5.78 Å². The highest BCUT2D eigenvalue weighted by atomic mass is 16.5. The number of hydrogen-bond donors (Lipinski definition) is 0. The normalized spacial score (nSPS) is 11.5. The lowest BCUT2D eigenvalue weighted by Gasteiger charge is -2.09. The molecule has 116 valence electrons. The molecule has 4 nitrogen and oxygen atoms in total. The predicted octanol–water partition coefficient (Wildman–Crippen LogP) is 4.31. The number of benzene rings is 2. The van der Waals surface area contributed by atoms with Gasteiger partial charge < -0.3 is 13.9 Å². The van der Waals surface area contributed by atoms with E-state index in [9.17, 15) is 4.79 Å². The summed E-state index contributed by atoms with van der Waals surface area (Å²) in [5.74, 6) is 0.816. The van der Waals surface area contributed by atoms with Crippen LogP contribution in [0.15, 0.2) is 65.3 Å². The number of hydrogen-bond acceptors (Lipinski definition) is 4. The molecular weight excluding hydrogens is 292 g/mol. The van der Waals surface area contributed by atoms with Crippen LogP contribution in [0, 0.1) is 0 Å². The molecule has 23 heavy (non-hydrogen) atoms. The van der Waals surface area contributed by atoms with Crippen LogP contribution in [0.3, 0.4) is 0 Å². The molecule has 4 heteroatoms. The van der Waals surface area contributed by atoms with Gasteiger partial charge in [-0.25, -0.2) is 0 Å². The van der Waals surface area contributed by atoms with Gasteiger partial charge in [-0.3, -0.25) is 4.79 Å². The minimum absolute atomic E-state index is 0.189. The Morgan fingerprint density at radius 3 is 2.52 bits per heavy atom. The zero-order valence-corrected chi connectivity index (χ0v) is 12.9. The molecule has 0 N–H and O–H groups in total. The number of rotatable bonds is 5. The van der Waals surface area contributed by atoms with E-state index in [2.05, 4.69) is 0 Å². The fraction of sp³-hybridized carbons (Fsp3) is 0.105. The molecule has 0 radical (unpaired) electrons. The lowest BCUT2D eigenvalue weighted by atomic mass is 10.0. The third kappa shape index (κ3) is 2.83. The molecule has 0 bridgehead atoms. The van der Waals surface area contributed by atoms with Crippen LogP contribution < -0.4 is 4.74 Å². The minimum Gasteiger partial charge on any atom is -0.496 e. The summed E-state index contributed by atoms with van der Waals surface area (Å²) in [6, 6.07) is 14.7. The van der Waals surface area contributed by atoms with E-state index >= 15 is 0 Å². The Bertz CT molecular complexity index is 859. The Morgan fingerprint density at radius 1 is 1.04 bits per heavy atom. The van der Waals surface area contributed by atoms with Crippen LogP contribution in [0.4, 0.5) is 0 Å². The Labute approximate surface area is 133 Å². The first kappa shape index (κ1) is 14.9. The monoisotopic (exact) mass is 308 g/mol. The Morgan fingerprint density at radius 2 is 1.83 bits per heavy atom. The van der Waals surface area contributed by atoms with E-state index < -0.39 is 0 Å². The first-order valence-corrected chi connectivity index (χ1v) is 7.14. The largest absolute Gasteiger partial charge is 0.496 e. The van der Waals surface area contributed by atoms with Crippen molar-refractivity contribution in [1.29, 1.82) is 0 Å². The first-order chi connectivity index (χ1) is 11.2. The molecule has 0 aliphatic rings.